The van der Waals surface area contributed by atoms with Gasteiger partial charge in [-0.1, -0.05) is 36.4 Å². The highest BCUT2D eigenvalue weighted by Crippen LogP contribution is 2.38. The Bertz CT molecular complexity index is 1050. The molecule has 2 atom stereocenters. The van der Waals surface area contributed by atoms with E-state index in [0.29, 0.717) is 31.0 Å². The minimum Gasteiger partial charge on any atom is -0.366 e. The summed E-state index contributed by atoms with van der Waals surface area (Å²) in [5, 5.41) is 0. The van der Waals surface area contributed by atoms with Crippen molar-refractivity contribution in [2.75, 3.05) is 13.1 Å². The molecular formula is C27H32FN3O3. The van der Waals surface area contributed by atoms with Gasteiger partial charge < -0.3 is 16.4 Å². The Kier molecular flexibility index (Phi) is 7.41. The van der Waals surface area contributed by atoms with Crippen molar-refractivity contribution in [3.63, 3.8) is 0 Å². The van der Waals surface area contributed by atoms with Crippen LogP contribution in [0.25, 0.3) is 0 Å². The van der Waals surface area contributed by atoms with Gasteiger partial charge in [-0.2, -0.15) is 0 Å². The van der Waals surface area contributed by atoms with Gasteiger partial charge in [-0.15, -0.1) is 0 Å². The molecule has 0 unspecified atom stereocenters. The predicted octanol–water partition coefficient (Wildman–Crippen LogP) is 3.19. The molecule has 1 aliphatic carbocycles. The van der Waals surface area contributed by atoms with Crippen molar-refractivity contribution in [2.24, 2.45) is 23.3 Å². The highest BCUT2D eigenvalue weighted by Gasteiger charge is 2.44. The fourth-order valence-corrected chi connectivity index (χ4v) is 5.54. The number of halogens is 1. The monoisotopic (exact) mass is 465 g/mol. The molecule has 7 heteroatoms. The lowest BCUT2D eigenvalue weighted by atomic mass is 9.81. The molecular weight excluding hydrogens is 433 g/mol. The van der Waals surface area contributed by atoms with E-state index in [2.05, 4.69) is 0 Å². The van der Waals surface area contributed by atoms with E-state index >= 15 is 0 Å². The second-order valence-electron chi connectivity index (χ2n) is 9.56. The second-order valence-corrected chi connectivity index (χ2v) is 9.56. The molecule has 2 aliphatic rings. The van der Waals surface area contributed by atoms with Crippen LogP contribution in [0.1, 0.15) is 59.5 Å². The Balaban J connectivity index is 1.57. The number of nitrogens with zero attached hydrogens (tertiary/aromatic N) is 1. The minimum atomic E-state index is -0.851. The fraction of sp³-hybridized carbons (Fsp3) is 0.444. The largest absolute Gasteiger partial charge is 0.366 e. The average Bonchev–Trinajstić information content (AvgIpc) is 3.29. The molecule has 180 valence electrons. The number of carbonyl (C=O) groups excluding carboxylic acids is 3. The van der Waals surface area contributed by atoms with Crippen LogP contribution in [-0.2, 0) is 16.0 Å². The van der Waals surface area contributed by atoms with Crippen molar-refractivity contribution >= 4 is 17.6 Å². The number of amides is 2. The third kappa shape index (κ3) is 5.04. The summed E-state index contributed by atoms with van der Waals surface area (Å²) in [4.78, 5) is 40.2. The van der Waals surface area contributed by atoms with Crippen LogP contribution >= 0.6 is 0 Å². The number of benzene rings is 2. The van der Waals surface area contributed by atoms with Crippen LogP contribution in [0.3, 0.4) is 0 Å². The summed E-state index contributed by atoms with van der Waals surface area (Å²) in [6, 6.07) is 13.2. The molecule has 1 aliphatic heterocycles. The zero-order valence-corrected chi connectivity index (χ0v) is 19.3. The van der Waals surface area contributed by atoms with Gasteiger partial charge in [0.2, 0.25) is 5.91 Å². The third-order valence-electron chi connectivity index (χ3n) is 7.45. The van der Waals surface area contributed by atoms with Crippen LogP contribution in [-0.4, -0.2) is 41.6 Å². The molecule has 1 heterocycles. The lowest BCUT2D eigenvalue weighted by molar-refractivity contribution is -0.142. The van der Waals surface area contributed by atoms with Crippen molar-refractivity contribution < 1.29 is 18.8 Å². The summed E-state index contributed by atoms with van der Waals surface area (Å²) in [5.41, 5.74) is 12.3. The lowest BCUT2D eigenvalue weighted by Gasteiger charge is -2.33. The smallest absolute Gasteiger partial charge is 0.251 e. The van der Waals surface area contributed by atoms with Crippen LogP contribution < -0.4 is 11.5 Å². The summed E-state index contributed by atoms with van der Waals surface area (Å²) in [7, 11) is 0. The van der Waals surface area contributed by atoms with Crippen LogP contribution in [0.2, 0.25) is 0 Å². The Hall–Kier alpha value is -3.06. The molecule has 4 N–H and O–H groups in total. The van der Waals surface area contributed by atoms with Crippen molar-refractivity contribution in [3.05, 3.63) is 71.0 Å². The van der Waals surface area contributed by atoms with E-state index in [4.69, 9.17) is 11.5 Å². The molecule has 2 aromatic rings. The molecule has 2 aromatic carbocycles. The Labute approximate surface area is 199 Å². The summed E-state index contributed by atoms with van der Waals surface area (Å²) in [5.74, 6) is -1.39. The summed E-state index contributed by atoms with van der Waals surface area (Å²) in [6.07, 6.45) is 4.16. The van der Waals surface area contributed by atoms with Crippen LogP contribution in [0.5, 0.6) is 0 Å². The van der Waals surface area contributed by atoms with Gasteiger partial charge in [0.15, 0.2) is 5.78 Å². The van der Waals surface area contributed by atoms with Gasteiger partial charge in [0.25, 0.3) is 5.91 Å². The maximum absolute atomic E-state index is 14.3. The standard InChI is InChI=1S/C27H32FN3O3/c28-23-14-18(8-11-22(23)26(30)33)15-24(32)25-21(19-4-2-1-3-5-19)12-13-31(25)27(34)20-9-6-17(16-29)7-10-20/h1-5,8,11,14,17,20-21,25H,6-7,9-10,12-13,15-16,29H2,(H2,30,33)/t17?,20?,21-,25-/m0/s1. The van der Waals surface area contributed by atoms with Gasteiger partial charge in [-0.05, 0) is 67.8 Å². The van der Waals surface area contributed by atoms with Gasteiger partial charge in [-0.3, -0.25) is 14.4 Å². The van der Waals surface area contributed by atoms with Gasteiger partial charge in [0, 0.05) is 24.8 Å². The molecule has 6 nitrogen and oxygen atoms in total. The maximum atomic E-state index is 14.3. The van der Waals surface area contributed by atoms with Gasteiger partial charge in [-0.25, -0.2) is 4.39 Å². The van der Waals surface area contributed by atoms with Gasteiger partial charge in [0.05, 0.1) is 11.6 Å². The number of nitrogens with two attached hydrogens (primary N) is 2. The highest BCUT2D eigenvalue weighted by atomic mass is 19.1. The van der Waals surface area contributed by atoms with E-state index in [1.807, 2.05) is 30.3 Å². The van der Waals surface area contributed by atoms with E-state index < -0.39 is 17.8 Å². The van der Waals surface area contributed by atoms with Gasteiger partial charge in [0.1, 0.15) is 5.82 Å². The minimum absolute atomic E-state index is 0.0202. The summed E-state index contributed by atoms with van der Waals surface area (Å²) < 4.78 is 14.3. The molecule has 2 fully saturated rings. The fourth-order valence-electron chi connectivity index (χ4n) is 5.54. The van der Waals surface area contributed by atoms with Crippen LogP contribution in [0, 0.1) is 17.7 Å². The van der Waals surface area contributed by atoms with E-state index in [1.54, 1.807) is 11.0 Å². The first-order valence-corrected chi connectivity index (χ1v) is 12.1. The topological polar surface area (TPSA) is 106 Å². The molecule has 0 aromatic heterocycles. The summed E-state index contributed by atoms with van der Waals surface area (Å²) >= 11 is 0. The molecule has 0 bridgehead atoms. The molecule has 34 heavy (non-hydrogen) atoms. The molecule has 4 rings (SSSR count). The zero-order valence-electron chi connectivity index (χ0n) is 19.3. The van der Waals surface area contributed by atoms with Gasteiger partial charge >= 0.3 is 0 Å². The van der Waals surface area contributed by atoms with Crippen LogP contribution in [0.4, 0.5) is 4.39 Å². The van der Waals surface area contributed by atoms with Crippen molar-refractivity contribution in [1.29, 1.82) is 0 Å². The third-order valence-corrected chi connectivity index (χ3v) is 7.45. The average molecular weight is 466 g/mol. The molecule has 0 spiro atoms. The number of primary amides is 1. The maximum Gasteiger partial charge on any atom is 0.251 e. The number of ketones is 1. The first-order valence-electron chi connectivity index (χ1n) is 12.1. The Morgan fingerprint density at radius 2 is 1.68 bits per heavy atom. The number of rotatable bonds is 7. The van der Waals surface area contributed by atoms with Crippen molar-refractivity contribution in [1.82, 2.24) is 4.90 Å². The number of carbonyl (C=O) groups is 3. The first kappa shape index (κ1) is 24.1. The normalized spacial score (nSPS) is 24.7. The second kappa shape index (κ2) is 10.5. The highest BCUT2D eigenvalue weighted by molar-refractivity contribution is 5.94. The zero-order chi connectivity index (χ0) is 24.2. The van der Waals surface area contributed by atoms with E-state index in [-0.39, 0.29) is 35.5 Å². The van der Waals surface area contributed by atoms with E-state index in [0.717, 1.165) is 31.2 Å². The molecule has 0 radical (unpaired) electrons. The van der Waals surface area contributed by atoms with E-state index in [1.165, 1.54) is 12.1 Å². The Morgan fingerprint density at radius 1 is 0.971 bits per heavy atom. The lowest BCUT2D eigenvalue weighted by Crippen LogP contribution is -2.46. The molecule has 1 saturated heterocycles. The number of Topliss-reactive ketones (excluding diaryl/α,β-unsaturated/α-hetero) is 1. The van der Waals surface area contributed by atoms with Crippen molar-refractivity contribution in [3.8, 4) is 0 Å². The number of likely N-dealkylation sites (tertiary alicyclic amines) is 1. The number of hydrogen-bond acceptors (Lipinski definition) is 4. The summed E-state index contributed by atoms with van der Waals surface area (Å²) in [6.45, 7) is 1.17. The van der Waals surface area contributed by atoms with E-state index in [9.17, 15) is 18.8 Å². The quantitative estimate of drug-likeness (QED) is 0.655. The Morgan fingerprint density at radius 3 is 2.29 bits per heavy atom. The SMILES string of the molecule is NCC1CCC(C(=O)N2CC[C@@H](c3ccccc3)[C@H]2C(=O)Cc2ccc(C(N)=O)c(F)c2)CC1. The van der Waals surface area contributed by atoms with Crippen molar-refractivity contribution in [2.45, 2.75) is 50.5 Å². The predicted molar refractivity (Wildman–Crippen MR) is 127 cm³/mol. The first-order chi connectivity index (χ1) is 16.4. The van der Waals surface area contributed by atoms with Crippen LogP contribution in [0.15, 0.2) is 48.5 Å². The molecule has 2 amide bonds. The number of hydrogen-bond donors (Lipinski definition) is 2. The molecule has 1 saturated carbocycles.